The fourth-order valence-electron chi connectivity index (χ4n) is 3.24. The average Bonchev–Trinajstić information content (AvgIpc) is 2.66. The summed E-state index contributed by atoms with van der Waals surface area (Å²) in [6.45, 7) is 4.58. The Morgan fingerprint density at radius 3 is 2.45 bits per heavy atom. The lowest BCUT2D eigenvalue weighted by atomic mass is 10.1. The molecule has 0 bridgehead atoms. The molecule has 0 saturated carbocycles. The van der Waals surface area contributed by atoms with Gasteiger partial charge < -0.3 is 15.3 Å². The summed E-state index contributed by atoms with van der Waals surface area (Å²) >= 11 is 0. The Hall–Kier alpha value is -2.42. The van der Waals surface area contributed by atoms with Gasteiger partial charge in [-0.1, -0.05) is 19.9 Å². The molecule has 1 aliphatic rings. The number of hydrogen-bond donors (Lipinski definition) is 2. The number of aromatic nitrogens is 2. The lowest BCUT2D eigenvalue weighted by Gasteiger charge is -2.31. The molecule has 0 aliphatic carbocycles. The van der Waals surface area contributed by atoms with Crippen LogP contribution in [0.2, 0.25) is 0 Å². The van der Waals surface area contributed by atoms with E-state index in [2.05, 4.69) is 15.5 Å². The molecule has 2 N–H and O–H groups in total. The van der Waals surface area contributed by atoms with Crippen LogP contribution < -0.4 is 10.2 Å². The number of aliphatic hydroxyl groups is 1. The van der Waals surface area contributed by atoms with Crippen molar-refractivity contribution in [3.63, 3.8) is 0 Å². The first-order valence-corrected chi connectivity index (χ1v) is 9.55. The molecule has 2 aromatic rings. The monoisotopic (exact) mass is 412 g/mol. The van der Waals surface area contributed by atoms with Crippen molar-refractivity contribution < 1.29 is 22.7 Å². The van der Waals surface area contributed by atoms with Crippen molar-refractivity contribution in [2.45, 2.75) is 51.4 Å². The quantitative estimate of drug-likeness (QED) is 0.716. The minimum atomic E-state index is -4.57. The minimum Gasteiger partial charge on any atom is -0.393 e. The van der Waals surface area contributed by atoms with Gasteiger partial charge in [0.05, 0.1) is 17.5 Å². The summed E-state index contributed by atoms with van der Waals surface area (Å²) < 4.78 is 54.7. The standard InChI is InChI=1S/C20H24F4N4O/c1-12(2)17-10-15(20(22,23)24)19(27-26-17)25-11-13-3-4-18(16(21)9-13)28-7-5-14(29)6-8-28/h3-4,9-10,12,14,29H,5-8,11H2,1-2H3,(H,25,27). The van der Waals surface area contributed by atoms with E-state index in [4.69, 9.17) is 0 Å². The van der Waals surface area contributed by atoms with E-state index in [0.717, 1.165) is 6.07 Å². The van der Waals surface area contributed by atoms with E-state index in [1.807, 2.05) is 4.90 Å². The Balaban J connectivity index is 1.74. The molecule has 1 fully saturated rings. The Labute approximate surface area is 166 Å². The number of anilines is 2. The third-order valence-corrected chi connectivity index (χ3v) is 4.99. The van der Waals surface area contributed by atoms with E-state index in [9.17, 15) is 22.7 Å². The van der Waals surface area contributed by atoms with Crippen LogP contribution in [0.25, 0.3) is 0 Å². The van der Waals surface area contributed by atoms with E-state index in [0.29, 0.717) is 37.2 Å². The van der Waals surface area contributed by atoms with Crippen LogP contribution in [0.5, 0.6) is 0 Å². The Morgan fingerprint density at radius 1 is 1.17 bits per heavy atom. The summed E-state index contributed by atoms with van der Waals surface area (Å²) in [5.41, 5.74) is 0.286. The fourth-order valence-corrected chi connectivity index (χ4v) is 3.24. The first kappa shape index (κ1) is 21.3. The molecule has 0 spiro atoms. The molecule has 1 aliphatic heterocycles. The number of hydrogen-bond acceptors (Lipinski definition) is 5. The van der Waals surface area contributed by atoms with Gasteiger partial charge in [-0.3, -0.25) is 0 Å². The number of rotatable bonds is 5. The molecule has 0 radical (unpaired) electrons. The molecule has 2 heterocycles. The molecule has 0 atom stereocenters. The van der Waals surface area contributed by atoms with Crippen molar-refractivity contribution in [2.75, 3.05) is 23.3 Å². The molecular weight excluding hydrogens is 388 g/mol. The minimum absolute atomic E-state index is 0.0191. The first-order chi connectivity index (χ1) is 13.6. The van der Waals surface area contributed by atoms with Crippen LogP contribution in [0.1, 0.15) is 49.4 Å². The maximum atomic E-state index is 14.5. The fraction of sp³-hybridized carbons (Fsp3) is 0.500. The predicted octanol–water partition coefficient (Wildman–Crippen LogP) is 4.33. The second-order valence-electron chi connectivity index (χ2n) is 7.54. The van der Waals surface area contributed by atoms with Crippen molar-refractivity contribution in [1.82, 2.24) is 10.2 Å². The summed E-state index contributed by atoms with van der Waals surface area (Å²) in [6, 6.07) is 5.58. The highest BCUT2D eigenvalue weighted by molar-refractivity contribution is 5.51. The number of nitrogens with zero attached hydrogens (tertiary/aromatic N) is 3. The van der Waals surface area contributed by atoms with Gasteiger partial charge in [-0.15, -0.1) is 5.10 Å². The predicted molar refractivity (Wildman–Crippen MR) is 102 cm³/mol. The molecule has 158 valence electrons. The molecule has 1 aromatic carbocycles. The second-order valence-corrected chi connectivity index (χ2v) is 7.54. The van der Waals surface area contributed by atoms with Crippen LogP contribution in [-0.4, -0.2) is 34.5 Å². The highest BCUT2D eigenvalue weighted by atomic mass is 19.4. The SMILES string of the molecule is CC(C)c1cc(C(F)(F)F)c(NCc2ccc(N3CCC(O)CC3)c(F)c2)nn1. The van der Waals surface area contributed by atoms with Gasteiger partial charge in [0.1, 0.15) is 11.4 Å². The highest BCUT2D eigenvalue weighted by Crippen LogP contribution is 2.35. The van der Waals surface area contributed by atoms with Crippen LogP contribution >= 0.6 is 0 Å². The third kappa shape index (κ3) is 5.14. The molecule has 0 amide bonds. The van der Waals surface area contributed by atoms with Gasteiger partial charge in [0.25, 0.3) is 0 Å². The maximum Gasteiger partial charge on any atom is 0.420 e. The Bertz CT molecular complexity index is 849. The third-order valence-electron chi connectivity index (χ3n) is 4.99. The van der Waals surface area contributed by atoms with Gasteiger partial charge in [0, 0.05) is 19.6 Å². The zero-order valence-corrected chi connectivity index (χ0v) is 16.3. The van der Waals surface area contributed by atoms with Gasteiger partial charge in [-0.25, -0.2) is 4.39 Å². The number of halogens is 4. The topological polar surface area (TPSA) is 61.3 Å². The smallest absolute Gasteiger partial charge is 0.393 e. The summed E-state index contributed by atoms with van der Waals surface area (Å²) in [4.78, 5) is 1.86. The van der Waals surface area contributed by atoms with Crippen molar-refractivity contribution in [3.05, 3.63) is 46.9 Å². The van der Waals surface area contributed by atoms with Crippen molar-refractivity contribution in [1.29, 1.82) is 0 Å². The number of nitrogens with one attached hydrogen (secondary N) is 1. The summed E-state index contributed by atoms with van der Waals surface area (Å²) in [5, 5.41) is 19.7. The molecule has 9 heteroatoms. The molecule has 5 nitrogen and oxygen atoms in total. The zero-order chi connectivity index (χ0) is 21.2. The lowest BCUT2D eigenvalue weighted by Crippen LogP contribution is -2.36. The molecule has 1 saturated heterocycles. The highest BCUT2D eigenvalue weighted by Gasteiger charge is 2.35. The molecule has 29 heavy (non-hydrogen) atoms. The van der Waals surface area contributed by atoms with E-state index in [1.54, 1.807) is 26.0 Å². The normalized spacial score (nSPS) is 15.8. The van der Waals surface area contributed by atoms with Crippen molar-refractivity contribution >= 4 is 11.5 Å². The van der Waals surface area contributed by atoms with E-state index in [-0.39, 0.29) is 30.1 Å². The van der Waals surface area contributed by atoms with Crippen LogP contribution in [0.3, 0.4) is 0 Å². The number of benzene rings is 1. The van der Waals surface area contributed by atoms with Gasteiger partial charge in [0.2, 0.25) is 0 Å². The number of alkyl halides is 3. The molecule has 1 aromatic heterocycles. The van der Waals surface area contributed by atoms with Crippen molar-refractivity contribution in [3.8, 4) is 0 Å². The van der Waals surface area contributed by atoms with Gasteiger partial charge in [0.15, 0.2) is 5.82 Å². The van der Waals surface area contributed by atoms with Gasteiger partial charge >= 0.3 is 6.18 Å². The second kappa shape index (κ2) is 8.52. The molecule has 0 unspecified atom stereocenters. The van der Waals surface area contributed by atoms with Crippen LogP contribution in [0.4, 0.5) is 29.1 Å². The van der Waals surface area contributed by atoms with Gasteiger partial charge in [-0.2, -0.15) is 18.3 Å². The maximum absolute atomic E-state index is 14.5. The Kier molecular flexibility index (Phi) is 6.26. The van der Waals surface area contributed by atoms with Crippen LogP contribution in [0, 0.1) is 5.82 Å². The average molecular weight is 412 g/mol. The van der Waals surface area contributed by atoms with Crippen molar-refractivity contribution in [2.24, 2.45) is 0 Å². The van der Waals surface area contributed by atoms with E-state index < -0.39 is 17.6 Å². The Morgan fingerprint density at radius 2 is 1.86 bits per heavy atom. The van der Waals surface area contributed by atoms with E-state index >= 15 is 0 Å². The van der Waals surface area contributed by atoms with Gasteiger partial charge in [-0.05, 0) is 42.5 Å². The zero-order valence-electron chi connectivity index (χ0n) is 16.3. The number of piperidine rings is 1. The number of aliphatic hydroxyl groups excluding tert-OH is 1. The summed E-state index contributed by atoms with van der Waals surface area (Å²) in [5.74, 6) is -1.01. The summed E-state index contributed by atoms with van der Waals surface area (Å²) in [6.07, 6.45) is -3.78. The molecule has 3 rings (SSSR count). The largest absolute Gasteiger partial charge is 0.420 e. The van der Waals surface area contributed by atoms with Crippen LogP contribution in [0.15, 0.2) is 24.3 Å². The molecular formula is C20H24F4N4O. The lowest BCUT2D eigenvalue weighted by molar-refractivity contribution is -0.137. The van der Waals surface area contributed by atoms with Crippen LogP contribution in [-0.2, 0) is 12.7 Å². The van der Waals surface area contributed by atoms with E-state index in [1.165, 1.54) is 6.07 Å². The summed E-state index contributed by atoms with van der Waals surface area (Å²) in [7, 11) is 0. The first-order valence-electron chi connectivity index (χ1n) is 9.55.